The number of esters is 1. The molecule has 2 heteroatoms. The second-order valence-electron chi connectivity index (χ2n) is 5.00. The summed E-state index contributed by atoms with van der Waals surface area (Å²) in [5.74, 6) is 0.447. The Morgan fingerprint density at radius 3 is 2.31 bits per heavy atom. The predicted octanol–water partition coefficient (Wildman–Crippen LogP) is 3.01. The summed E-state index contributed by atoms with van der Waals surface area (Å²) in [4.78, 5) is 10.5. The van der Waals surface area contributed by atoms with Crippen LogP contribution in [0.15, 0.2) is 0 Å². The van der Waals surface area contributed by atoms with E-state index in [1.165, 1.54) is 13.3 Å². The molecule has 0 aromatic carbocycles. The number of carbonyl (C=O) groups is 1. The molecular formula is C11H22O2. The van der Waals surface area contributed by atoms with Crippen molar-refractivity contribution in [1.29, 1.82) is 0 Å². The Morgan fingerprint density at radius 2 is 1.92 bits per heavy atom. The molecule has 0 amide bonds. The van der Waals surface area contributed by atoms with E-state index in [1.807, 2.05) is 0 Å². The van der Waals surface area contributed by atoms with Gasteiger partial charge in [-0.1, -0.05) is 27.7 Å². The molecule has 1 unspecified atom stereocenters. The van der Waals surface area contributed by atoms with Crippen LogP contribution in [-0.2, 0) is 9.53 Å². The summed E-state index contributed by atoms with van der Waals surface area (Å²) in [5.41, 5.74) is 0.371. The Labute approximate surface area is 81.7 Å². The van der Waals surface area contributed by atoms with E-state index in [0.29, 0.717) is 17.9 Å². The molecule has 0 aromatic heterocycles. The molecule has 0 bridgehead atoms. The molecule has 0 aliphatic rings. The summed E-state index contributed by atoms with van der Waals surface area (Å²) in [5, 5.41) is 0. The lowest BCUT2D eigenvalue weighted by Gasteiger charge is -2.22. The van der Waals surface area contributed by atoms with E-state index in [0.717, 1.165) is 6.42 Å². The molecule has 0 rings (SSSR count). The van der Waals surface area contributed by atoms with E-state index < -0.39 is 0 Å². The summed E-state index contributed by atoms with van der Waals surface area (Å²) in [7, 11) is 0. The van der Waals surface area contributed by atoms with Gasteiger partial charge in [0, 0.05) is 6.92 Å². The maximum absolute atomic E-state index is 10.5. The van der Waals surface area contributed by atoms with Crippen LogP contribution in [0.1, 0.15) is 47.5 Å². The molecule has 13 heavy (non-hydrogen) atoms. The fourth-order valence-electron chi connectivity index (χ4n) is 1.55. The van der Waals surface area contributed by atoms with Gasteiger partial charge in [-0.3, -0.25) is 4.79 Å². The van der Waals surface area contributed by atoms with Crippen molar-refractivity contribution in [2.45, 2.75) is 47.5 Å². The van der Waals surface area contributed by atoms with Gasteiger partial charge in [0.2, 0.25) is 0 Å². The molecule has 0 saturated carbocycles. The van der Waals surface area contributed by atoms with Crippen LogP contribution >= 0.6 is 0 Å². The smallest absolute Gasteiger partial charge is 0.302 e. The van der Waals surface area contributed by atoms with Crippen LogP contribution in [0.5, 0.6) is 0 Å². The first kappa shape index (κ1) is 12.5. The fraction of sp³-hybridized carbons (Fsp3) is 0.909. The van der Waals surface area contributed by atoms with E-state index in [9.17, 15) is 4.79 Å². The first-order chi connectivity index (χ1) is 5.81. The van der Waals surface area contributed by atoms with E-state index in [4.69, 9.17) is 4.74 Å². The zero-order chi connectivity index (χ0) is 10.5. The van der Waals surface area contributed by atoms with Crippen molar-refractivity contribution < 1.29 is 9.53 Å². The van der Waals surface area contributed by atoms with Crippen LogP contribution in [0.2, 0.25) is 0 Å². The summed E-state index contributed by atoms with van der Waals surface area (Å²) in [6.07, 6.45) is 2.14. The van der Waals surface area contributed by atoms with Crippen LogP contribution in [-0.4, -0.2) is 12.6 Å². The maximum atomic E-state index is 10.5. The van der Waals surface area contributed by atoms with Gasteiger partial charge in [-0.25, -0.2) is 0 Å². The Morgan fingerprint density at radius 1 is 1.38 bits per heavy atom. The molecule has 0 N–H and O–H groups in total. The third-order valence-electron chi connectivity index (χ3n) is 1.88. The highest BCUT2D eigenvalue weighted by molar-refractivity contribution is 5.65. The van der Waals surface area contributed by atoms with Crippen molar-refractivity contribution in [2.75, 3.05) is 6.61 Å². The standard InChI is InChI=1S/C11H22O2/c1-9(8-11(3,4)5)6-7-13-10(2)12/h9H,6-8H2,1-5H3. The van der Waals surface area contributed by atoms with Gasteiger partial charge in [0.1, 0.15) is 0 Å². The van der Waals surface area contributed by atoms with Gasteiger partial charge in [-0.15, -0.1) is 0 Å². The first-order valence-corrected chi connectivity index (χ1v) is 4.94. The summed E-state index contributed by atoms with van der Waals surface area (Å²) < 4.78 is 4.89. The summed E-state index contributed by atoms with van der Waals surface area (Å²) in [6, 6.07) is 0. The van der Waals surface area contributed by atoms with Crippen molar-refractivity contribution in [3.05, 3.63) is 0 Å². The zero-order valence-corrected chi connectivity index (χ0v) is 9.52. The second-order valence-corrected chi connectivity index (χ2v) is 5.00. The molecule has 0 radical (unpaired) electrons. The van der Waals surface area contributed by atoms with Gasteiger partial charge in [0.05, 0.1) is 6.61 Å². The van der Waals surface area contributed by atoms with Gasteiger partial charge in [-0.05, 0) is 24.2 Å². The van der Waals surface area contributed by atoms with Gasteiger partial charge in [0.15, 0.2) is 0 Å². The van der Waals surface area contributed by atoms with Crippen LogP contribution in [0.4, 0.5) is 0 Å². The maximum Gasteiger partial charge on any atom is 0.302 e. The Hall–Kier alpha value is -0.530. The lowest BCUT2D eigenvalue weighted by Crippen LogP contribution is -2.13. The van der Waals surface area contributed by atoms with Crippen molar-refractivity contribution in [1.82, 2.24) is 0 Å². The van der Waals surface area contributed by atoms with Crippen LogP contribution < -0.4 is 0 Å². The van der Waals surface area contributed by atoms with Crippen LogP contribution in [0, 0.1) is 11.3 Å². The van der Waals surface area contributed by atoms with Crippen molar-refractivity contribution in [3.63, 3.8) is 0 Å². The average molecular weight is 186 g/mol. The zero-order valence-electron chi connectivity index (χ0n) is 9.52. The number of rotatable bonds is 4. The number of carbonyl (C=O) groups excluding carboxylic acids is 1. The Bertz CT molecular complexity index is 156. The number of ether oxygens (including phenoxy) is 1. The molecule has 78 valence electrons. The van der Waals surface area contributed by atoms with Crippen molar-refractivity contribution in [3.8, 4) is 0 Å². The quantitative estimate of drug-likeness (QED) is 0.631. The molecule has 0 aliphatic heterocycles. The molecule has 1 atom stereocenters. The highest BCUT2D eigenvalue weighted by Gasteiger charge is 2.15. The average Bonchev–Trinajstić information content (AvgIpc) is 1.81. The third kappa shape index (κ3) is 9.38. The highest BCUT2D eigenvalue weighted by Crippen LogP contribution is 2.25. The number of hydrogen-bond acceptors (Lipinski definition) is 2. The minimum absolute atomic E-state index is 0.178. The normalized spacial score (nSPS) is 13.9. The predicted molar refractivity (Wildman–Crippen MR) is 54.5 cm³/mol. The molecule has 0 fully saturated rings. The van der Waals surface area contributed by atoms with E-state index in [2.05, 4.69) is 27.7 Å². The monoisotopic (exact) mass is 186 g/mol. The summed E-state index contributed by atoms with van der Waals surface area (Å²) >= 11 is 0. The van der Waals surface area contributed by atoms with Gasteiger partial charge >= 0.3 is 5.97 Å². The SMILES string of the molecule is CC(=O)OCCC(C)CC(C)(C)C. The lowest BCUT2D eigenvalue weighted by atomic mass is 9.84. The van der Waals surface area contributed by atoms with Gasteiger partial charge in [-0.2, -0.15) is 0 Å². The summed E-state index contributed by atoms with van der Waals surface area (Å²) in [6.45, 7) is 10.9. The van der Waals surface area contributed by atoms with Gasteiger partial charge in [0.25, 0.3) is 0 Å². The minimum Gasteiger partial charge on any atom is -0.466 e. The minimum atomic E-state index is -0.178. The van der Waals surface area contributed by atoms with Gasteiger partial charge < -0.3 is 4.74 Å². The van der Waals surface area contributed by atoms with E-state index in [1.54, 1.807) is 0 Å². The fourth-order valence-corrected chi connectivity index (χ4v) is 1.55. The molecule has 0 spiro atoms. The second kappa shape index (κ2) is 5.25. The molecule has 0 heterocycles. The Balaban J connectivity index is 3.52. The lowest BCUT2D eigenvalue weighted by molar-refractivity contribution is -0.141. The molecule has 2 nitrogen and oxygen atoms in total. The van der Waals surface area contributed by atoms with E-state index >= 15 is 0 Å². The van der Waals surface area contributed by atoms with Crippen LogP contribution in [0.3, 0.4) is 0 Å². The van der Waals surface area contributed by atoms with E-state index in [-0.39, 0.29) is 5.97 Å². The molecule has 0 aromatic rings. The van der Waals surface area contributed by atoms with Crippen molar-refractivity contribution >= 4 is 5.97 Å². The van der Waals surface area contributed by atoms with Crippen LogP contribution in [0.25, 0.3) is 0 Å². The molecule has 0 saturated heterocycles. The topological polar surface area (TPSA) is 26.3 Å². The number of hydrogen-bond donors (Lipinski definition) is 0. The third-order valence-corrected chi connectivity index (χ3v) is 1.88. The molecular weight excluding hydrogens is 164 g/mol. The van der Waals surface area contributed by atoms with Crippen molar-refractivity contribution in [2.24, 2.45) is 11.3 Å². The highest BCUT2D eigenvalue weighted by atomic mass is 16.5. The first-order valence-electron chi connectivity index (χ1n) is 4.94. The Kier molecular flexibility index (Phi) is 5.04. The molecule has 0 aliphatic carbocycles. The largest absolute Gasteiger partial charge is 0.466 e.